The molecule has 1 saturated heterocycles. The lowest BCUT2D eigenvalue weighted by molar-refractivity contribution is -0.148. The summed E-state index contributed by atoms with van der Waals surface area (Å²) in [6.07, 6.45) is 2.97. The van der Waals surface area contributed by atoms with Crippen LogP contribution in [-0.2, 0) is 20.5 Å². The summed E-state index contributed by atoms with van der Waals surface area (Å²) in [7, 11) is 0. The molecule has 4 aliphatic carbocycles. The van der Waals surface area contributed by atoms with E-state index in [4.69, 9.17) is 4.74 Å². The molecule has 1 fully saturated rings. The van der Waals surface area contributed by atoms with Gasteiger partial charge in [0.15, 0.2) is 5.60 Å². The number of rotatable bonds is 3. The number of carbonyl (C=O) groups is 1. The van der Waals surface area contributed by atoms with Crippen molar-refractivity contribution in [1.82, 2.24) is 0 Å². The molecular weight excluding hydrogens is 825 g/mol. The first kappa shape index (κ1) is 25.2. The van der Waals surface area contributed by atoms with Crippen molar-refractivity contribution in [3.8, 4) is 0 Å². The Labute approximate surface area is 369 Å². The van der Waals surface area contributed by atoms with Gasteiger partial charge in [-0.3, -0.25) is 4.79 Å². The molecule has 0 N–H and O–H groups in total. The zero-order valence-electron chi connectivity index (χ0n) is 35.0. The Morgan fingerprint density at radius 2 is 0.456 bits per heavy atom. The zero-order valence-corrected chi connectivity index (χ0v) is 35.0. The van der Waals surface area contributed by atoms with Crippen LogP contribution in [0.3, 0.4) is 0 Å². The highest BCUT2D eigenvalue weighted by atomic mass is 16.6. The number of benzene rings is 18. The Kier molecular flexibility index (Phi) is 2.07. The summed E-state index contributed by atoms with van der Waals surface area (Å²) in [5, 5.41) is 85.5. The topological polar surface area (TPSA) is 26.3 Å². The molecule has 28 aromatic carbocycles. The lowest BCUT2D eigenvalue weighted by atomic mass is 9.51. The van der Waals surface area contributed by atoms with Gasteiger partial charge in [0.1, 0.15) is 0 Å². The van der Waals surface area contributed by atoms with Crippen LogP contribution >= 0.6 is 0 Å². The van der Waals surface area contributed by atoms with Crippen molar-refractivity contribution in [1.29, 1.82) is 0 Å². The van der Waals surface area contributed by atoms with Crippen LogP contribution in [0.1, 0.15) is 48.4 Å². The maximum atomic E-state index is 16.1. The third kappa shape index (κ3) is 1.27. The normalized spacial score (nSPS) is 24.0. The second-order valence-electron chi connectivity index (χ2n) is 25.4. The molecule has 2 heteroatoms. The summed E-state index contributed by atoms with van der Waals surface area (Å²) >= 11 is 0. The summed E-state index contributed by atoms with van der Waals surface area (Å²) in [4.78, 5) is 16.1. The fraction of sp³-hybridized carbons (Fsp3) is 0.106. The molecule has 28 aromatic rings. The number of carbonyl (C=O) groups excluding carboxylic acids is 1. The van der Waals surface area contributed by atoms with E-state index in [0.717, 1.165) is 19.3 Å². The summed E-state index contributed by atoms with van der Waals surface area (Å²) < 4.78 is 8.02. The standard InChI is InChI=1S/C66H10O2/c1-2-3-4-5-64(67)68-66-62-56-50-40-28-20-12-8-6-7-10-14(12)22(28)32-26-18(10)19-11(7)15-13-9(6)17-16(8)24-30(20)38-44-34(24)35-25(17)31-21(13)29-23(15)33-27(19)37-36(26)48(42(32)50)58(62)59-49(37)43(33)51-41(29)47-39(31)45(35)53-52(44)60(54(56)46(38)40)65(5,66)61(53)55(47)57(51)63(59)66/h5H,2-4H2,1H3. The average Bonchev–Trinajstić information content (AvgIpc) is 4.25. The Hall–Kier alpha value is -8.07. The molecule has 1 heterocycles. The molecule has 1 unspecified atom stereocenters. The first-order chi connectivity index (χ1) is 33.8. The second-order valence-corrected chi connectivity index (χ2v) is 25.4. The molecule has 0 amide bonds. The highest BCUT2D eigenvalue weighted by Gasteiger charge is 2.78. The van der Waals surface area contributed by atoms with Gasteiger partial charge in [0.25, 0.3) is 0 Å². The highest BCUT2D eigenvalue weighted by Crippen LogP contribution is 2.86. The Bertz CT molecular complexity index is 6940. The number of hydrogen-bond acceptors (Lipinski definition) is 2. The fourth-order valence-electron chi connectivity index (χ4n) is 25.2. The van der Waals surface area contributed by atoms with E-state index in [0.29, 0.717) is 0 Å². The van der Waals surface area contributed by atoms with Crippen molar-refractivity contribution in [2.75, 3.05) is 0 Å². The Morgan fingerprint density at radius 3 is 0.647 bits per heavy atom. The molecule has 0 saturated carbocycles. The van der Waals surface area contributed by atoms with Crippen molar-refractivity contribution in [2.45, 2.75) is 37.2 Å². The van der Waals surface area contributed by atoms with Gasteiger partial charge in [0.2, 0.25) is 0 Å². The minimum Gasteiger partial charge on any atom is -0.447 e. The summed E-state index contributed by atoms with van der Waals surface area (Å²) in [6, 6.07) is 0. The number of unbranched alkanes of at least 4 members (excludes halogenated alkanes) is 1. The van der Waals surface area contributed by atoms with Gasteiger partial charge < -0.3 is 4.74 Å². The monoisotopic (exact) mass is 834 g/mol. The molecule has 286 valence electrons. The van der Waals surface area contributed by atoms with Crippen molar-refractivity contribution < 1.29 is 9.53 Å². The largest absolute Gasteiger partial charge is 0.447 e. The molecule has 1 aliphatic heterocycles. The van der Waals surface area contributed by atoms with E-state index in [1.807, 2.05) is 0 Å². The summed E-state index contributed by atoms with van der Waals surface area (Å²) in [5.74, 6) is -0.174. The highest BCUT2D eigenvalue weighted by molar-refractivity contribution is 6.82. The third-order valence-electron chi connectivity index (χ3n) is 25.2. The third-order valence-corrected chi connectivity index (χ3v) is 25.2. The van der Waals surface area contributed by atoms with Gasteiger partial charge in [-0.25, -0.2) is 0 Å². The van der Waals surface area contributed by atoms with Gasteiger partial charge in [0, 0.05) is 11.1 Å². The predicted octanol–water partition coefficient (Wildman–Crippen LogP) is 17.6. The Balaban J connectivity index is 1.22. The fourth-order valence-corrected chi connectivity index (χ4v) is 25.2. The molecule has 2 nitrogen and oxygen atoms in total. The van der Waals surface area contributed by atoms with Gasteiger partial charge in [-0.15, -0.1) is 0 Å². The quantitative estimate of drug-likeness (QED) is 0.131. The molecule has 68 heavy (non-hydrogen) atoms. The van der Waals surface area contributed by atoms with Gasteiger partial charge >= 0.3 is 5.97 Å². The molecular formula is C66H10O2. The number of ether oxygens (including phenoxy) is 1. The molecule has 1 atom stereocenters. The van der Waals surface area contributed by atoms with Crippen molar-refractivity contribution in [3.63, 3.8) is 0 Å². The van der Waals surface area contributed by atoms with Gasteiger partial charge in [-0.2, -0.15) is 0 Å². The Morgan fingerprint density at radius 1 is 0.279 bits per heavy atom. The molecule has 0 radical (unpaired) electrons. The van der Waals surface area contributed by atoms with Gasteiger partial charge in [-0.05, 0) is 308 Å². The molecule has 0 bridgehead atoms. The van der Waals surface area contributed by atoms with Crippen molar-refractivity contribution in [3.05, 3.63) is 22.3 Å². The van der Waals surface area contributed by atoms with Crippen LogP contribution in [-0.4, -0.2) is 5.97 Å². The minimum atomic E-state index is -0.909. The predicted molar refractivity (Wildman–Crippen MR) is 283 cm³/mol. The maximum Gasteiger partial charge on any atom is 0.311 e. The van der Waals surface area contributed by atoms with E-state index in [-0.39, 0.29) is 11.9 Å². The maximum absolute atomic E-state index is 16.1. The molecule has 5 aliphatic rings. The summed E-state index contributed by atoms with van der Waals surface area (Å²) in [5.41, 5.74) is 4.40. The smallest absolute Gasteiger partial charge is 0.311 e. The van der Waals surface area contributed by atoms with Crippen LogP contribution < -0.4 is 0 Å². The average molecular weight is 835 g/mol. The molecule has 2 spiro atoms. The van der Waals surface area contributed by atoms with Gasteiger partial charge in [0.05, 0.1) is 11.3 Å². The lowest BCUT2D eigenvalue weighted by Gasteiger charge is -2.49. The van der Waals surface area contributed by atoms with E-state index >= 15 is 4.79 Å². The lowest BCUT2D eigenvalue weighted by Crippen LogP contribution is -2.52. The SMILES string of the molecule is CCCCC1C(=O)OC23c4c5c6c7c8c9c(c%10c%11c2c2c4c4c%12c5c5c6c6c8c8c%13c9c9c%10c%10c%11c%11c2c2c4c4c%12c%12c5c5c6c8c6c8c%13c9c9c%10c%10c%11c2c2c4c4c%12c5c6c5c8c9c%10c2c45)C713. The first-order valence-electron chi connectivity index (χ1n) is 25.8. The van der Waals surface area contributed by atoms with Crippen molar-refractivity contribution >= 4 is 297 Å². The van der Waals surface area contributed by atoms with E-state index in [1.54, 1.807) is 280 Å². The molecule has 0 aromatic heterocycles. The van der Waals surface area contributed by atoms with Crippen LogP contribution in [0.15, 0.2) is 0 Å². The van der Waals surface area contributed by atoms with E-state index < -0.39 is 11.0 Å². The van der Waals surface area contributed by atoms with E-state index in [2.05, 4.69) is 6.92 Å². The van der Waals surface area contributed by atoms with Crippen LogP contribution in [0.5, 0.6) is 0 Å². The minimum absolute atomic E-state index is 0.0773. The number of hydrogen-bond donors (Lipinski definition) is 0. The van der Waals surface area contributed by atoms with Crippen LogP contribution in [0, 0.1) is 5.92 Å². The van der Waals surface area contributed by atoms with Crippen LogP contribution in [0.2, 0.25) is 0 Å². The van der Waals surface area contributed by atoms with Gasteiger partial charge in [-0.1, -0.05) is 19.8 Å². The number of esters is 1. The van der Waals surface area contributed by atoms with E-state index in [9.17, 15) is 0 Å². The van der Waals surface area contributed by atoms with Crippen LogP contribution in [0.4, 0.5) is 0 Å². The van der Waals surface area contributed by atoms with E-state index in [1.165, 1.54) is 32.7 Å². The molecule has 33 rings (SSSR count). The van der Waals surface area contributed by atoms with Crippen molar-refractivity contribution in [2.24, 2.45) is 5.92 Å². The van der Waals surface area contributed by atoms with Crippen LogP contribution in [0.25, 0.3) is 291 Å². The zero-order chi connectivity index (χ0) is 40.5. The summed E-state index contributed by atoms with van der Waals surface area (Å²) in [6.45, 7) is 2.34. The second kappa shape index (κ2) is 5.60. The first-order valence-corrected chi connectivity index (χ1v) is 25.8.